The Morgan fingerprint density at radius 2 is 1.84 bits per heavy atom. The smallest absolute Gasteiger partial charge is 0.338 e. The second kappa shape index (κ2) is 7.64. The zero-order valence-corrected chi connectivity index (χ0v) is 13.5. The largest absolute Gasteiger partial charge is 0.508 e. The molecular weight excluding hydrogens is 332 g/mol. The molecular formula is C17H20O8. The summed E-state index contributed by atoms with van der Waals surface area (Å²) < 4.78 is 9.54. The Kier molecular flexibility index (Phi) is 5.78. The molecule has 1 fully saturated rings. The molecule has 0 aliphatic heterocycles. The lowest BCUT2D eigenvalue weighted by atomic mass is 9.79. The van der Waals surface area contributed by atoms with Gasteiger partial charge >= 0.3 is 11.9 Å². The molecule has 0 aromatic heterocycles. The minimum Gasteiger partial charge on any atom is -0.508 e. The molecule has 1 aliphatic carbocycles. The fraction of sp³-hybridized carbons (Fsp3) is 0.412. The number of benzene rings is 1. The van der Waals surface area contributed by atoms with Crippen molar-refractivity contribution in [1.82, 2.24) is 0 Å². The number of aliphatic hydroxyl groups excluding tert-OH is 2. The lowest BCUT2D eigenvalue weighted by Crippen LogP contribution is -2.57. The SMILES string of the molecule is COC(=O)[C@@]1(O)C[C@@H](O)[C@H](O)[C@H](OC(=O)/C=C/c2ccc(O)cc2)C1. The molecule has 8 heteroatoms. The highest BCUT2D eigenvalue weighted by atomic mass is 16.6. The summed E-state index contributed by atoms with van der Waals surface area (Å²) in [7, 11) is 1.08. The number of hydrogen-bond donors (Lipinski definition) is 4. The van der Waals surface area contributed by atoms with E-state index in [0.29, 0.717) is 5.56 Å². The molecule has 0 bridgehead atoms. The number of carbonyl (C=O) groups excluding carboxylic acids is 2. The topological polar surface area (TPSA) is 134 Å². The highest BCUT2D eigenvalue weighted by Gasteiger charge is 2.50. The van der Waals surface area contributed by atoms with E-state index >= 15 is 0 Å². The molecule has 1 aromatic rings. The third-order valence-corrected chi connectivity index (χ3v) is 4.00. The van der Waals surface area contributed by atoms with Crippen LogP contribution < -0.4 is 0 Å². The van der Waals surface area contributed by atoms with E-state index in [1.165, 1.54) is 18.2 Å². The highest BCUT2D eigenvalue weighted by molar-refractivity contribution is 5.87. The molecule has 136 valence electrons. The van der Waals surface area contributed by atoms with E-state index in [0.717, 1.165) is 13.2 Å². The van der Waals surface area contributed by atoms with Crippen molar-refractivity contribution in [1.29, 1.82) is 0 Å². The minimum atomic E-state index is -2.04. The molecule has 1 saturated carbocycles. The molecule has 25 heavy (non-hydrogen) atoms. The van der Waals surface area contributed by atoms with Gasteiger partial charge in [-0.1, -0.05) is 12.1 Å². The Bertz CT molecular complexity index is 653. The van der Waals surface area contributed by atoms with Crippen LogP contribution in [0.4, 0.5) is 0 Å². The van der Waals surface area contributed by atoms with Crippen molar-refractivity contribution in [3.8, 4) is 5.75 Å². The van der Waals surface area contributed by atoms with E-state index in [9.17, 15) is 30.0 Å². The molecule has 1 aromatic carbocycles. The van der Waals surface area contributed by atoms with Crippen molar-refractivity contribution < 1.29 is 39.5 Å². The monoisotopic (exact) mass is 352 g/mol. The van der Waals surface area contributed by atoms with Crippen molar-refractivity contribution in [3.05, 3.63) is 35.9 Å². The lowest BCUT2D eigenvalue weighted by Gasteiger charge is -2.39. The standard InChI is InChI=1S/C17H20O8/c1-24-16(22)17(23)8-12(19)15(21)13(9-17)25-14(20)7-4-10-2-5-11(18)6-3-10/h2-7,12-13,15,18-19,21,23H,8-9H2,1H3/b7-4+/t12-,13-,15+,17-/m1/s1. The van der Waals surface area contributed by atoms with E-state index in [4.69, 9.17) is 4.74 Å². The molecule has 0 spiro atoms. The first-order chi connectivity index (χ1) is 11.7. The average Bonchev–Trinajstić information content (AvgIpc) is 2.58. The van der Waals surface area contributed by atoms with Gasteiger partial charge in [0.2, 0.25) is 0 Å². The number of esters is 2. The molecule has 2 rings (SSSR count). The van der Waals surface area contributed by atoms with Gasteiger partial charge < -0.3 is 29.9 Å². The van der Waals surface area contributed by atoms with Gasteiger partial charge in [-0.3, -0.25) is 0 Å². The molecule has 1 aliphatic rings. The summed E-state index contributed by atoms with van der Waals surface area (Å²) >= 11 is 0. The van der Waals surface area contributed by atoms with E-state index < -0.39 is 48.7 Å². The van der Waals surface area contributed by atoms with Crippen molar-refractivity contribution in [2.45, 2.75) is 36.8 Å². The van der Waals surface area contributed by atoms with Crippen LogP contribution in [0.5, 0.6) is 5.75 Å². The molecule has 0 unspecified atom stereocenters. The maximum atomic E-state index is 11.9. The van der Waals surface area contributed by atoms with Crippen molar-refractivity contribution in [2.24, 2.45) is 0 Å². The average molecular weight is 352 g/mol. The molecule has 0 saturated heterocycles. The van der Waals surface area contributed by atoms with E-state index in [1.54, 1.807) is 12.1 Å². The summed E-state index contributed by atoms with van der Waals surface area (Å²) in [6.45, 7) is 0. The highest BCUT2D eigenvalue weighted by Crippen LogP contribution is 2.32. The van der Waals surface area contributed by atoms with E-state index in [2.05, 4.69) is 4.74 Å². The summed E-state index contributed by atoms with van der Waals surface area (Å²) in [5.74, 6) is -1.71. The molecule has 8 nitrogen and oxygen atoms in total. The Labute approximate surface area is 143 Å². The zero-order chi connectivity index (χ0) is 18.6. The second-order valence-electron chi connectivity index (χ2n) is 5.89. The molecule has 4 N–H and O–H groups in total. The van der Waals surface area contributed by atoms with Crippen LogP contribution in [0.15, 0.2) is 30.3 Å². The number of methoxy groups -OCH3 is 1. The van der Waals surface area contributed by atoms with Gasteiger partial charge in [-0.05, 0) is 23.8 Å². The van der Waals surface area contributed by atoms with Crippen molar-refractivity contribution in [2.75, 3.05) is 7.11 Å². The van der Waals surface area contributed by atoms with Crippen LogP contribution in [0.1, 0.15) is 18.4 Å². The first-order valence-electron chi connectivity index (χ1n) is 7.60. The van der Waals surface area contributed by atoms with E-state index in [1.807, 2.05) is 0 Å². The third kappa shape index (κ3) is 4.56. The summed E-state index contributed by atoms with van der Waals surface area (Å²) in [6.07, 6.45) is -2.44. The van der Waals surface area contributed by atoms with Gasteiger partial charge in [0.25, 0.3) is 0 Å². The Hall–Kier alpha value is -2.42. The second-order valence-corrected chi connectivity index (χ2v) is 5.89. The fourth-order valence-corrected chi connectivity index (χ4v) is 2.66. The molecule has 0 amide bonds. The van der Waals surface area contributed by atoms with Crippen LogP contribution in [0.25, 0.3) is 6.08 Å². The third-order valence-electron chi connectivity index (χ3n) is 4.00. The number of ether oxygens (including phenoxy) is 2. The first kappa shape index (κ1) is 18.9. The van der Waals surface area contributed by atoms with Crippen molar-refractivity contribution in [3.63, 3.8) is 0 Å². The fourth-order valence-electron chi connectivity index (χ4n) is 2.66. The van der Waals surface area contributed by atoms with Crippen LogP contribution in [-0.2, 0) is 19.1 Å². The number of carbonyl (C=O) groups is 2. The van der Waals surface area contributed by atoms with Crippen LogP contribution in [0, 0.1) is 0 Å². The summed E-state index contributed by atoms with van der Waals surface area (Å²) in [6, 6.07) is 6.05. The number of aromatic hydroxyl groups is 1. The summed E-state index contributed by atoms with van der Waals surface area (Å²) in [4.78, 5) is 23.6. The predicted molar refractivity (Wildman–Crippen MR) is 85.2 cm³/mol. The van der Waals surface area contributed by atoms with Crippen LogP contribution in [-0.4, -0.2) is 63.4 Å². The predicted octanol–water partition coefficient (Wildman–Crippen LogP) is -0.263. The normalized spacial score (nSPS) is 29.4. The zero-order valence-electron chi connectivity index (χ0n) is 13.5. The Balaban J connectivity index is 2.04. The van der Waals surface area contributed by atoms with Gasteiger partial charge in [0.15, 0.2) is 5.60 Å². The van der Waals surface area contributed by atoms with Crippen LogP contribution >= 0.6 is 0 Å². The van der Waals surface area contributed by atoms with Gasteiger partial charge in [0.05, 0.1) is 13.2 Å². The molecule has 0 radical (unpaired) electrons. The summed E-state index contributed by atoms with van der Waals surface area (Å²) in [5.41, 5.74) is -1.41. The minimum absolute atomic E-state index is 0.0844. The molecule has 4 atom stereocenters. The maximum absolute atomic E-state index is 11.9. The number of aliphatic hydroxyl groups is 3. The Morgan fingerprint density at radius 3 is 2.44 bits per heavy atom. The number of phenols is 1. The van der Waals surface area contributed by atoms with E-state index in [-0.39, 0.29) is 5.75 Å². The van der Waals surface area contributed by atoms with Gasteiger partial charge in [-0.2, -0.15) is 0 Å². The van der Waals surface area contributed by atoms with Gasteiger partial charge in [0, 0.05) is 18.9 Å². The van der Waals surface area contributed by atoms with Gasteiger partial charge in [0.1, 0.15) is 18.0 Å². The quantitative estimate of drug-likeness (QED) is 0.430. The molecule has 0 heterocycles. The number of hydrogen-bond acceptors (Lipinski definition) is 8. The van der Waals surface area contributed by atoms with Crippen LogP contribution in [0.2, 0.25) is 0 Å². The van der Waals surface area contributed by atoms with Gasteiger partial charge in [-0.25, -0.2) is 9.59 Å². The van der Waals surface area contributed by atoms with Crippen molar-refractivity contribution >= 4 is 18.0 Å². The Morgan fingerprint density at radius 1 is 1.20 bits per heavy atom. The number of phenolic OH excluding ortho intramolecular Hbond substituents is 1. The van der Waals surface area contributed by atoms with Crippen LogP contribution in [0.3, 0.4) is 0 Å². The number of rotatable bonds is 4. The lowest BCUT2D eigenvalue weighted by molar-refractivity contribution is -0.198. The first-order valence-corrected chi connectivity index (χ1v) is 7.60. The maximum Gasteiger partial charge on any atom is 0.338 e. The summed E-state index contributed by atoms with van der Waals surface area (Å²) in [5, 5.41) is 39.2. The van der Waals surface area contributed by atoms with Gasteiger partial charge in [-0.15, -0.1) is 0 Å².